The summed E-state index contributed by atoms with van der Waals surface area (Å²) in [6, 6.07) is 8.03. The summed E-state index contributed by atoms with van der Waals surface area (Å²) in [6.07, 6.45) is -4.12. The number of hydrogen-bond donors (Lipinski definition) is 1. The number of halogens is 3. The first kappa shape index (κ1) is 16.4. The van der Waals surface area contributed by atoms with Crippen LogP contribution in [-0.4, -0.2) is 19.0 Å². The van der Waals surface area contributed by atoms with E-state index in [1.807, 2.05) is 24.3 Å². The molecule has 1 aromatic rings. The molecule has 1 nitrogen and oxygen atoms in total. The van der Waals surface area contributed by atoms with E-state index in [4.69, 9.17) is 0 Å². The summed E-state index contributed by atoms with van der Waals surface area (Å²) in [5.41, 5.74) is 1.05. The van der Waals surface area contributed by atoms with Gasteiger partial charge in [-0.25, -0.2) is 0 Å². The number of alkyl halides is 3. The van der Waals surface area contributed by atoms with Crippen molar-refractivity contribution in [1.29, 1.82) is 0 Å². The maximum absolute atomic E-state index is 12.1. The van der Waals surface area contributed by atoms with Gasteiger partial charge in [0, 0.05) is 17.4 Å². The number of hydrogen-bond acceptors (Lipinski definition) is 2. The van der Waals surface area contributed by atoms with Gasteiger partial charge in [-0.05, 0) is 43.3 Å². The Bertz CT molecular complexity index is 362. The molecule has 0 saturated carbocycles. The molecule has 1 aromatic carbocycles. The van der Waals surface area contributed by atoms with Crippen LogP contribution < -0.4 is 5.32 Å². The maximum atomic E-state index is 12.1. The van der Waals surface area contributed by atoms with Crippen LogP contribution in [0.1, 0.15) is 37.8 Å². The number of rotatable bonds is 7. The van der Waals surface area contributed by atoms with Gasteiger partial charge in [-0.3, -0.25) is 0 Å². The molecule has 0 fully saturated rings. The molecule has 0 aliphatic carbocycles. The lowest BCUT2D eigenvalue weighted by Gasteiger charge is -2.17. The lowest BCUT2D eigenvalue weighted by molar-refractivity contribution is -0.135. The zero-order valence-corrected chi connectivity index (χ0v) is 12.1. The molecule has 1 rings (SSSR count). The monoisotopic (exact) mass is 291 g/mol. The topological polar surface area (TPSA) is 12.0 Å². The Morgan fingerprint density at radius 1 is 1.21 bits per heavy atom. The molecular formula is C14H20F3NS. The normalized spacial score (nSPS) is 13.5. The van der Waals surface area contributed by atoms with Crippen molar-refractivity contribution in [3.8, 4) is 0 Å². The van der Waals surface area contributed by atoms with Gasteiger partial charge in [0.25, 0.3) is 0 Å². The molecular weight excluding hydrogens is 271 g/mol. The molecule has 1 N–H and O–H groups in total. The van der Waals surface area contributed by atoms with E-state index < -0.39 is 12.6 Å². The molecule has 0 spiro atoms. The lowest BCUT2D eigenvalue weighted by Crippen LogP contribution is -2.17. The van der Waals surface area contributed by atoms with E-state index in [0.717, 1.165) is 11.3 Å². The third-order valence-electron chi connectivity index (χ3n) is 2.89. The van der Waals surface area contributed by atoms with Crippen LogP contribution in [0, 0.1) is 0 Å². The van der Waals surface area contributed by atoms with Gasteiger partial charge in [0.2, 0.25) is 0 Å². The van der Waals surface area contributed by atoms with Crippen LogP contribution in [0.3, 0.4) is 0 Å². The lowest BCUT2D eigenvalue weighted by atomic mass is 10.0. The predicted molar refractivity (Wildman–Crippen MR) is 74.5 cm³/mol. The zero-order chi connectivity index (χ0) is 14.3. The first-order valence-corrected chi connectivity index (χ1v) is 7.41. The van der Waals surface area contributed by atoms with Gasteiger partial charge in [-0.1, -0.05) is 19.1 Å². The smallest absolute Gasteiger partial charge is 0.313 e. The van der Waals surface area contributed by atoms with Crippen LogP contribution in [0.5, 0.6) is 0 Å². The minimum absolute atomic E-state index is 0.0111. The van der Waals surface area contributed by atoms with Gasteiger partial charge in [-0.2, -0.15) is 13.2 Å². The SMILES string of the molecule is CCSc1ccc(C(CCCC(F)(F)F)NC)cc1. The molecule has 0 bridgehead atoms. The summed E-state index contributed by atoms with van der Waals surface area (Å²) in [5, 5.41) is 3.08. The molecule has 108 valence electrons. The minimum atomic E-state index is -4.06. The summed E-state index contributed by atoms with van der Waals surface area (Å²) < 4.78 is 36.4. The Morgan fingerprint density at radius 3 is 2.32 bits per heavy atom. The molecule has 0 amide bonds. The van der Waals surface area contributed by atoms with Crippen LogP contribution in [0.15, 0.2) is 29.2 Å². The molecule has 1 atom stereocenters. The van der Waals surface area contributed by atoms with Crippen LogP contribution in [0.4, 0.5) is 13.2 Å². The number of nitrogens with one attached hydrogen (secondary N) is 1. The quantitative estimate of drug-likeness (QED) is 0.725. The fraction of sp³-hybridized carbons (Fsp3) is 0.571. The molecule has 0 aliphatic heterocycles. The second kappa shape index (κ2) is 7.80. The van der Waals surface area contributed by atoms with Crippen LogP contribution in [-0.2, 0) is 0 Å². The van der Waals surface area contributed by atoms with Crippen LogP contribution in [0.25, 0.3) is 0 Å². The van der Waals surface area contributed by atoms with Gasteiger partial charge < -0.3 is 5.32 Å². The Hall–Kier alpha value is -0.680. The highest BCUT2D eigenvalue weighted by atomic mass is 32.2. The Balaban J connectivity index is 2.54. The highest BCUT2D eigenvalue weighted by Crippen LogP contribution is 2.27. The fourth-order valence-electron chi connectivity index (χ4n) is 1.95. The molecule has 0 saturated heterocycles. The van der Waals surface area contributed by atoms with Crippen molar-refractivity contribution in [2.45, 2.75) is 43.3 Å². The summed E-state index contributed by atoms with van der Waals surface area (Å²) in [6.45, 7) is 2.09. The molecule has 0 heterocycles. The summed E-state index contributed by atoms with van der Waals surface area (Å²) in [4.78, 5) is 1.19. The Kier molecular flexibility index (Phi) is 6.72. The maximum Gasteiger partial charge on any atom is 0.389 e. The second-order valence-corrected chi connectivity index (χ2v) is 5.69. The Morgan fingerprint density at radius 2 is 1.84 bits per heavy atom. The highest BCUT2D eigenvalue weighted by molar-refractivity contribution is 7.99. The van der Waals surface area contributed by atoms with Gasteiger partial charge in [-0.15, -0.1) is 11.8 Å². The van der Waals surface area contributed by atoms with E-state index in [2.05, 4.69) is 12.2 Å². The van der Waals surface area contributed by atoms with E-state index in [1.165, 1.54) is 4.90 Å². The van der Waals surface area contributed by atoms with Crippen LogP contribution >= 0.6 is 11.8 Å². The third-order valence-corrected chi connectivity index (χ3v) is 3.79. The van der Waals surface area contributed by atoms with Crippen molar-refractivity contribution in [1.82, 2.24) is 5.32 Å². The Labute approximate surface area is 117 Å². The predicted octanol–water partition coefficient (Wildman–Crippen LogP) is 4.79. The molecule has 0 aliphatic rings. The second-order valence-electron chi connectivity index (χ2n) is 4.35. The summed E-state index contributed by atoms with van der Waals surface area (Å²) >= 11 is 1.76. The number of benzene rings is 1. The van der Waals surface area contributed by atoms with E-state index in [-0.39, 0.29) is 12.5 Å². The van der Waals surface area contributed by atoms with Crippen molar-refractivity contribution >= 4 is 11.8 Å². The van der Waals surface area contributed by atoms with Crippen molar-refractivity contribution < 1.29 is 13.2 Å². The standard InChI is InChI=1S/C14H20F3NS/c1-3-19-12-8-6-11(7-9-12)13(18-2)5-4-10-14(15,16)17/h6-9,13,18H,3-5,10H2,1-2H3. The summed E-state index contributed by atoms with van der Waals surface area (Å²) in [7, 11) is 1.78. The van der Waals surface area contributed by atoms with Crippen LogP contribution in [0.2, 0.25) is 0 Å². The van der Waals surface area contributed by atoms with E-state index in [1.54, 1.807) is 18.8 Å². The fourth-order valence-corrected chi connectivity index (χ4v) is 2.61. The third kappa shape index (κ3) is 6.34. The highest BCUT2D eigenvalue weighted by Gasteiger charge is 2.26. The van der Waals surface area contributed by atoms with Crippen molar-refractivity contribution in [2.24, 2.45) is 0 Å². The van der Waals surface area contributed by atoms with Crippen molar-refractivity contribution in [3.05, 3.63) is 29.8 Å². The van der Waals surface area contributed by atoms with E-state index >= 15 is 0 Å². The molecule has 5 heteroatoms. The first-order valence-electron chi connectivity index (χ1n) is 6.43. The van der Waals surface area contributed by atoms with E-state index in [9.17, 15) is 13.2 Å². The van der Waals surface area contributed by atoms with E-state index in [0.29, 0.717) is 6.42 Å². The van der Waals surface area contributed by atoms with Gasteiger partial charge in [0.05, 0.1) is 0 Å². The summed E-state index contributed by atoms with van der Waals surface area (Å²) in [5.74, 6) is 1.01. The van der Waals surface area contributed by atoms with Gasteiger partial charge in [0.1, 0.15) is 0 Å². The molecule has 1 unspecified atom stereocenters. The van der Waals surface area contributed by atoms with Gasteiger partial charge in [0.15, 0.2) is 0 Å². The molecule has 0 radical (unpaired) electrons. The molecule has 0 aromatic heterocycles. The number of thioether (sulfide) groups is 1. The average Bonchev–Trinajstić information content (AvgIpc) is 2.35. The van der Waals surface area contributed by atoms with Crippen molar-refractivity contribution in [3.63, 3.8) is 0 Å². The van der Waals surface area contributed by atoms with Gasteiger partial charge >= 0.3 is 6.18 Å². The largest absolute Gasteiger partial charge is 0.389 e. The first-order chi connectivity index (χ1) is 8.96. The molecule has 19 heavy (non-hydrogen) atoms. The zero-order valence-electron chi connectivity index (χ0n) is 11.3. The van der Waals surface area contributed by atoms with Crippen molar-refractivity contribution in [2.75, 3.05) is 12.8 Å². The average molecular weight is 291 g/mol. The minimum Gasteiger partial charge on any atom is -0.313 e.